The van der Waals surface area contributed by atoms with Crippen LogP contribution in [0.15, 0.2) is 42.7 Å². The third-order valence-corrected chi connectivity index (χ3v) is 6.01. The first-order valence-corrected chi connectivity index (χ1v) is 10.5. The van der Waals surface area contributed by atoms with Gasteiger partial charge in [-0.05, 0) is 59.2 Å². The molecule has 1 aliphatic carbocycles. The molecule has 0 saturated heterocycles. The number of tetrazole rings is 1. The van der Waals surface area contributed by atoms with Crippen molar-refractivity contribution in [3.63, 3.8) is 0 Å². The van der Waals surface area contributed by atoms with Crippen molar-refractivity contribution in [1.29, 1.82) is 0 Å². The second kappa shape index (κ2) is 8.02. The Balaban J connectivity index is 1.56. The highest BCUT2D eigenvalue weighted by atomic mass is 35.5. The van der Waals surface area contributed by atoms with E-state index in [1.165, 1.54) is 12.5 Å². The molecule has 1 unspecified atom stereocenters. The van der Waals surface area contributed by atoms with Crippen LogP contribution in [0.5, 0.6) is 0 Å². The number of imidazole rings is 1. The fourth-order valence-corrected chi connectivity index (χ4v) is 4.27. The van der Waals surface area contributed by atoms with Gasteiger partial charge >= 0.3 is 0 Å². The van der Waals surface area contributed by atoms with Crippen LogP contribution in [-0.2, 0) is 0 Å². The molecule has 2 aromatic carbocycles. The van der Waals surface area contributed by atoms with E-state index in [0.29, 0.717) is 11.4 Å². The summed E-state index contributed by atoms with van der Waals surface area (Å²) in [6.07, 6.45) is 7.30. The summed E-state index contributed by atoms with van der Waals surface area (Å²) in [6.45, 7) is 0. The van der Waals surface area contributed by atoms with Crippen molar-refractivity contribution in [1.82, 2.24) is 30.2 Å². The second-order valence-corrected chi connectivity index (χ2v) is 8.07. The normalized spacial score (nSPS) is 16.1. The van der Waals surface area contributed by atoms with Gasteiger partial charge in [-0.1, -0.05) is 36.9 Å². The molecule has 0 radical (unpaired) electrons. The van der Waals surface area contributed by atoms with E-state index in [2.05, 4.69) is 30.8 Å². The van der Waals surface area contributed by atoms with Crippen molar-refractivity contribution in [2.75, 3.05) is 5.32 Å². The summed E-state index contributed by atoms with van der Waals surface area (Å²) >= 11 is 5.92. The van der Waals surface area contributed by atoms with E-state index in [1.54, 1.807) is 18.5 Å². The van der Waals surface area contributed by atoms with Gasteiger partial charge in [-0.3, -0.25) is 0 Å². The molecule has 0 spiro atoms. The Morgan fingerprint density at radius 3 is 2.83 bits per heavy atom. The van der Waals surface area contributed by atoms with Crippen LogP contribution in [0.1, 0.15) is 55.6 Å². The molecule has 0 bridgehead atoms. The SMILES string of the molecule is Fc1cc(C(Nc2ccc3nc[nH]c3c2)c2nnnn2C2CCCCC2)ccc1Cl. The number of rotatable bonds is 5. The zero-order valence-electron chi connectivity index (χ0n) is 16.2. The van der Waals surface area contributed by atoms with E-state index in [0.717, 1.165) is 42.4 Å². The number of nitrogens with one attached hydrogen (secondary N) is 2. The average Bonchev–Trinajstić information content (AvgIpc) is 3.44. The number of H-pyrrole nitrogens is 1. The van der Waals surface area contributed by atoms with Crippen molar-refractivity contribution < 1.29 is 4.39 Å². The Kier molecular flexibility index (Phi) is 5.08. The monoisotopic (exact) mass is 425 g/mol. The van der Waals surface area contributed by atoms with Gasteiger partial charge in [0, 0.05) is 5.69 Å². The van der Waals surface area contributed by atoms with Crippen LogP contribution >= 0.6 is 11.6 Å². The third-order valence-electron chi connectivity index (χ3n) is 5.71. The minimum Gasteiger partial charge on any atom is -0.371 e. The average molecular weight is 426 g/mol. The van der Waals surface area contributed by atoms with E-state index in [9.17, 15) is 4.39 Å². The zero-order valence-corrected chi connectivity index (χ0v) is 17.0. The number of aromatic amines is 1. The fourth-order valence-electron chi connectivity index (χ4n) is 4.16. The molecule has 0 aliphatic heterocycles. The van der Waals surface area contributed by atoms with E-state index in [4.69, 9.17) is 11.6 Å². The van der Waals surface area contributed by atoms with E-state index >= 15 is 0 Å². The van der Waals surface area contributed by atoms with Crippen LogP contribution in [0.25, 0.3) is 11.0 Å². The quantitative estimate of drug-likeness (QED) is 0.467. The lowest BCUT2D eigenvalue weighted by molar-refractivity contribution is 0.315. The summed E-state index contributed by atoms with van der Waals surface area (Å²) in [6, 6.07) is 10.5. The Morgan fingerprint density at radius 1 is 1.13 bits per heavy atom. The van der Waals surface area contributed by atoms with Crippen molar-refractivity contribution in [2.45, 2.75) is 44.2 Å². The van der Waals surface area contributed by atoms with Crippen LogP contribution in [0.2, 0.25) is 5.02 Å². The number of aromatic nitrogens is 6. The van der Waals surface area contributed by atoms with Crippen molar-refractivity contribution in [2.24, 2.45) is 0 Å². The van der Waals surface area contributed by atoms with Gasteiger partial charge in [0.05, 0.1) is 28.4 Å². The molecule has 1 atom stereocenters. The summed E-state index contributed by atoms with van der Waals surface area (Å²) in [7, 11) is 0. The van der Waals surface area contributed by atoms with Gasteiger partial charge in [-0.2, -0.15) is 0 Å². The highest BCUT2D eigenvalue weighted by Gasteiger charge is 2.27. The molecule has 1 fully saturated rings. The van der Waals surface area contributed by atoms with Crippen LogP contribution in [-0.4, -0.2) is 30.2 Å². The Labute approximate surface area is 177 Å². The number of nitrogens with zero attached hydrogens (tertiary/aromatic N) is 5. The van der Waals surface area contributed by atoms with Crippen molar-refractivity contribution >= 4 is 28.3 Å². The first-order chi connectivity index (χ1) is 14.7. The maximum absolute atomic E-state index is 14.3. The first-order valence-electron chi connectivity index (χ1n) is 10.1. The summed E-state index contributed by atoms with van der Waals surface area (Å²) in [5, 5.41) is 16.1. The molecule has 2 heterocycles. The number of halogens is 2. The number of hydrogen-bond donors (Lipinski definition) is 2. The fraction of sp³-hybridized carbons (Fsp3) is 0.333. The molecular formula is C21H21ClFN7. The number of anilines is 1. The largest absolute Gasteiger partial charge is 0.371 e. The van der Waals surface area contributed by atoms with Gasteiger partial charge in [0.1, 0.15) is 11.9 Å². The predicted octanol–water partition coefficient (Wildman–Crippen LogP) is 5.05. The molecule has 154 valence electrons. The lowest BCUT2D eigenvalue weighted by atomic mass is 9.95. The first kappa shape index (κ1) is 19.0. The maximum atomic E-state index is 14.3. The molecule has 2 N–H and O–H groups in total. The summed E-state index contributed by atoms with van der Waals surface area (Å²) < 4.78 is 16.2. The molecule has 5 rings (SSSR count). The van der Waals surface area contributed by atoms with E-state index in [1.807, 2.05) is 22.9 Å². The van der Waals surface area contributed by atoms with Crippen LogP contribution in [0.4, 0.5) is 10.1 Å². The molecule has 0 amide bonds. The number of benzene rings is 2. The van der Waals surface area contributed by atoms with Gasteiger partial charge in [-0.15, -0.1) is 5.10 Å². The van der Waals surface area contributed by atoms with E-state index in [-0.39, 0.29) is 11.1 Å². The number of hydrogen-bond acceptors (Lipinski definition) is 5. The van der Waals surface area contributed by atoms with Gasteiger partial charge in [0.25, 0.3) is 0 Å². The van der Waals surface area contributed by atoms with Gasteiger partial charge in [-0.25, -0.2) is 14.1 Å². The van der Waals surface area contributed by atoms with E-state index < -0.39 is 11.9 Å². The zero-order chi connectivity index (χ0) is 20.5. The van der Waals surface area contributed by atoms with Gasteiger partial charge in [0.2, 0.25) is 0 Å². The van der Waals surface area contributed by atoms with Crippen molar-refractivity contribution in [3.8, 4) is 0 Å². The smallest absolute Gasteiger partial charge is 0.178 e. The summed E-state index contributed by atoms with van der Waals surface area (Å²) in [4.78, 5) is 7.37. The van der Waals surface area contributed by atoms with Gasteiger partial charge in [0.15, 0.2) is 5.82 Å². The summed E-state index contributed by atoms with van der Waals surface area (Å²) in [5.74, 6) is 0.190. The Bertz CT molecular complexity index is 1170. The molecule has 2 aromatic heterocycles. The highest BCUT2D eigenvalue weighted by Crippen LogP contribution is 2.33. The Morgan fingerprint density at radius 2 is 2.00 bits per heavy atom. The van der Waals surface area contributed by atoms with Gasteiger partial charge < -0.3 is 10.3 Å². The highest BCUT2D eigenvalue weighted by molar-refractivity contribution is 6.30. The minimum absolute atomic E-state index is 0.0863. The van der Waals surface area contributed by atoms with Crippen LogP contribution < -0.4 is 5.32 Å². The molecule has 30 heavy (non-hydrogen) atoms. The van der Waals surface area contributed by atoms with Crippen molar-refractivity contribution in [3.05, 3.63) is 65.0 Å². The standard InChI is InChI=1S/C21H21ClFN7/c22-16-8-6-13(10-17(16)23)20(26-14-7-9-18-19(11-14)25-12-24-18)21-27-28-29-30(21)15-4-2-1-3-5-15/h6-12,15,20,26H,1-5H2,(H,24,25). The minimum atomic E-state index is -0.471. The van der Waals surface area contributed by atoms with Crippen LogP contribution in [0, 0.1) is 5.82 Å². The molecule has 1 saturated carbocycles. The lowest BCUT2D eigenvalue weighted by Crippen LogP contribution is -2.23. The Hall–Kier alpha value is -3.00. The molecule has 1 aliphatic rings. The molecule has 9 heteroatoms. The predicted molar refractivity (Wildman–Crippen MR) is 113 cm³/mol. The summed E-state index contributed by atoms with van der Waals surface area (Å²) in [5.41, 5.74) is 3.34. The third kappa shape index (κ3) is 3.63. The molecule has 4 aromatic rings. The molecule has 7 nitrogen and oxygen atoms in total. The molecular weight excluding hydrogens is 405 g/mol. The topological polar surface area (TPSA) is 84.3 Å². The van der Waals surface area contributed by atoms with Crippen LogP contribution in [0.3, 0.4) is 0 Å². The maximum Gasteiger partial charge on any atom is 0.178 e. The lowest BCUT2D eigenvalue weighted by Gasteiger charge is -2.26. The second-order valence-electron chi connectivity index (χ2n) is 7.66. The number of fused-ring (bicyclic) bond motifs is 1.